The van der Waals surface area contributed by atoms with Crippen molar-refractivity contribution in [3.05, 3.63) is 70.6 Å². The Bertz CT molecular complexity index is 1230. The van der Waals surface area contributed by atoms with E-state index in [-0.39, 0.29) is 45.9 Å². The second kappa shape index (κ2) is 6.72. The summed E-state index contributed by atoms with van der Waals surface area (Å²) >= 11 is 5.78. The highest BCUT2D eigenvalue weighted by Crippen LogP contribution is 2.66. The number of rotatable bonds is 4. The number of carbonyl (C=O) groups is 2. The van der Waals surface area contributed by atoms with Gasteiger partial charge in [-0.1, -0.05) is 29.8 Å². The van der Waals surface area contributed by atoms with E-state index in [0.29, 0.717) is 23.2 Å². The van der Waals surface area contributed by atoms with Gasteiger partial charge in [-0.05, 0) is 54.4 Å². The molecule has 1 amide bonds. The molecule has 6 nitrogen and oxygen atoms in total. The molecule has 8 heteroatoms. The number of amides is 1. The standard InChI is InChI=1S/C25H20ClFN2O4/c26-16-7-10(1-5-17(16)27)21(30)23-22(33-23)11-2-6-18(28-9-11)29-24(31)19-12-3-4-13(15-8-14(12)15)20(19)25(29)32/h1-7,9,12-15,19-20,22-24,31H,8H2. The van der Waals surface area contributed by atoms with E-state index in [2.05, 4.69) is 17.1 Å². The Morgan fingerprint density at radius 3 is 2.73 bits per heavy atom. The summed E-state index contributed by atoms with van der Waals surface area (Å²) in [4.78, 5) is 31.8. The SMILES string of the molecule is O=C(c1ccc(F)c(Cl)c1)C1OC1c1ccc(N2C(=O)C3C4C=CC(C5CC45)C3C2O)nc1. The third-order valence-electron chi connectivity index (χ3n) is 8.14. The molecule has 1 aromatic carbocycles. The van der Waals surface area contributed by atoms with E-state index < -0.39 is 24.3 Å². The molecule has 2 bridgehead atoms. The number of benzene rings is 1. The first-order valence-electron chi connectivity index (χ1n) is 11.2. The number of aliphatic hydroxyl groups is 1. The van der Waals surface area contributed by atoms with Crippen LogP contribution in [0.25, 0.3) is 0 Å². The molecule has 4 aliphatic carbocycles. The molecule has 4 fully saturated rings. The van der Waals surface area contributed by atoms with Gasteiger partial charge in [-0.2, -0.15) is 0 Å². The largest absolute Gasteiger partial charge is 0.373 e. The predicted octanol–water partition coefficient (Wildman–Crippen LogP) is 3.55. The molecule has 2 aliphatic heterocycles. The van der Waals surface area contributed by atoms with Crippen LogP contribution in [0.3, 0.4) is 0 Å². The molecule has 2 aromatic rings. The van der Waals surface area contributed by atoms with E-state index in [0.717, 1.165) is 12.5 Å². The fraction of sp³-hybridized carbons (Fsp3) is 0.400. The van der Waals surface area contributed by atoms with E-state index in [9.17, 15) is 19.1 Å². The Hall–Kier alpha value is -2.61. The fourth-order valence-electron chi connectivity index (χ4n) is 6.47. The van der Waals surface area contributed by atoms with Crippen LogP contribution >= 0.6 is 11.6 Å². The van der Waals surface area contributed by atoms with Crippen molar-refractivity contribution in [3.8, 4) is 0 Å². The predicted molar refractivity (Wildman–Crippen MR) is 116 cm³/mol. The number of aliphatic hydroxyl groups excluding tert-OH is 1. The second-order valence-corrected chi connectivity index (χ2v) is 10.2. The van der Waals surface area contributed by atoms with Crippen LogP contribution in [0.15, 0.2) is 48.7 Å². The minimum absolute atomic E-state index is 0.0543. The number of anilines is 1. The third-order valence-corrected chi connectivity index (χ3v) is 8.43. The molecule has 2 saturated heterocycles. The number of Topliss-reactive ketones (excluding diaryl/α,β-unsaturated/α-hetero) is 1. The molecular formula is C25H20ClFN2O4. The number of epoxide rings is 1. The molecule has 0 spiro atoms. The zero-order valence-corrected chi connectivity index (χ0v) is 18.1. The summed E-state index contributed by atoms with van der Waals surface area (Å²) in [5.74, 6) is 0.936. The first-order chi connectivity index (χ1) is 15.9. The van der Waals surface area contributed by atoms with E-state index in [1.54, 1.807) is 18.3 Å². The molecular weight excluding hydrogens is 447 g/mol. The zero-order chi connectivity index (χ0) is 22.6. The normalized spacial score (nSPS) is 39.4. The van der Waals surface area contributed by atoms with Crippen molar-refractivity contribution in [1.82, 2.24) is 4.98 Å². The number of carbonyl (C=O) groups excluding carboxylic acids is 2. The highest BCUT2D eigenvalue weighted by atomic mass is 35.5. The number of allylic oxidation sites excluding steroid dienone is 2. The van der Waals surface area contributed by atoms with Crippen LogP contribution < -0.4 is 4.90 Å². The molecule has 1 N–H and O–H groups in total. The van der Waals surface area contributed by atoms with Crippen molar-refractivity contribution in [2.75, 3.05) is 4.90 Å². The van der Waals surface area contributed by atoms with Crippen LogP contribution in [0.1, 0.15) is 28.4 Å². The Morgan fingerprint density at radius 1 is 1.18 bits per heavy atom. The summed E-state index contributed by atoms with van der Waals surface area (Å²) < 4.78 is 18.9. The summed E-state index contributed by atoms with van der Waals surface area (Å²) in [6, 6.07) is 7.30. The molecule has 33 heavy (non-hydrogen) atoms. The van der Waals surface area contributed by atoms with Gasteiger partial charge in [-0.25, -0.2) is 9.37 Å². The number of hydrogen-bond acceptors (Lipinski definition) is 5. The summed E-state index contributed by atoms with van der Waals surface area (Å²) in [6.07, 6.45) is 5.10. The van der Waals surface area contributed by atoms with Gasteiger partial charge in [0.1, 0.15) is 24.0 Å². The van der Waals surface area contributed by atoms with Crippen molar-refractivity contribution in [3.63, 3.8) is 0 Å². The average molecular weight is 467 g/mol. The lowest BCUT2D eigenvalue weighted by Crippen LogP contribution is -2.41. The number of nitrogens with zero attached hydrogens (tertiary/aromatic N) is 2. The maximum Gasteiger partial charge on any atom is 0.234 e. The lowest BCUT2D eigenvalue weighted by atomic mass is 9.63. The van der Waals surface area contributed by atoms with Gasteiger partial charge in [-0.15, -0.1) is 0 Å². The Labute approximate surface area is 194 Å². The maximum absolute atomic E-state index is 13.4. The van der Waals surface area contributed by atoms with E-state index in [1.165, 1.54) is 17.0 Å². The molecule has 1 aromatic heterocycles. The number of hydrogen-bond donors (Lipinski definition) is 1. The minimum Gasteiger partial charge on any atom is -0.373 e. The van der Waals surface area contributed by atoms with Gasteiger partial charge >= 0.3 is 0 Å². The van der Waals surface area contributed by atoms with Crippen LogP contribution in [-0.4, -0.2) is 34.1 Å². The van der Waals surface area contributed by atoms with Crippen LogP contribution in [0.2, 0.25) is 5.02 Å². The average Bonchev–Trinajstić information content (AvgIpc) is 3.74. The van der Waals surface area contributed by atoms with Crippen molar-refractivity contribution in [2.45, 2.75) is 24.9 Å². The molecule has 0 radical (unpaired) electrons. The quantitative estimate of drug-likeness (QED) is 0.423. The fourth-order valence-corrected chi connectivity index (χ4v) is 6.65. The van der Waals surface area contributed by atoms with E-state index in [1.807, 2.05) is 0 Å². The monoisotopic (exact) mass is 466 g/mol. The first-order valence-corrected chi connectivity index (χ1v) is 11.6. The number of halogens is 2. The maximum atomic E-state index is 13.4. The minimum atomic E-state index is -0.880. The Morgan fingerprint density at radius 2 is 1.97 bits per heavy atom. The molecule has 168 valence electrons. The third kappa shape index (κ3) is 2.76. The van der Waals surface area contributed by atoms with Gasteiger partial charge in [0.2, 0.25) is 5.91 Å². The lowest BCUT2D eigenvalue weighted by Gasteiger charge is -2.39. The van der Waals surface area contributed by atoms with Crippen molar-refractivity contribution in [1.29, 1.82) is 0 Å². The molecule has 6 aliphatic rings. The Kier molecular flexibility index (Phi) is 4.03. The van der Waals surface area contributed by atoms with Crippen molar-refractivity contribution in [2.24, 2.45) is 35.5 Å². The summed E-state index contributed by atoms with van der Waals surface area (Å²) in [6.45, 7) is 0. The van der Waals surface area contributed by atoms with Gasteiger partial charge in [-0.3, -0.25) is 14.5 Å². The number of pyridine rings is 1. The Balaban J connectivity index is 1.09. The molecule has 2 saturated carbocycles. The van der Waals surface area contributed by atoms with Gasteiger partial charge < -0.3 is 9.84 Å². The molecule has 9 unspecified atom stereocenters. The van der Waals surface area contributed by atoms with Crippen molar-refractivity contribution >= 4 is 29.1 Å². The summed E-state index contributed by atoms with van der Waals surface area (Å²) in [7, 11) is 0. The number of ketones is 1. The first kappa shape index (κ1) is 19.8. The lowest BCUT2D eigenvalue weighted by molar-refractivity contribution is -0.123. The highest BCUT2D eigenvalue weighted by molar-refractivity contribution is 6.31. The zero-order valence-electron chi connectivity index (χ0n) is 17.3. The van der Waals surface area contributed by atoms with E-state index in [4.69, 9.17) is 16.3 Å². The van der Waals surface area contributed by atoms with Crippen LogP contribution in [0, 0.1) is 41.3 Å². The van der Waals surface area contributed by atoms with Crippen molar-refractivity contribution < 1.29 is 23.8 Å². The second-order valence-electron chi connectivity index (χ2n) is 9.75. The van der Waals surface area contributed by atoms with Gasteiger partial charge in [0.25, 0.3) is 0 Å². The molecule has 8 rings (SSSR count). The topological polar surface area (TPSA) is 83.0 Å². The van der Waals surface area contributed by atoms with Crippen LogP contribution in [0.4, 0.5) is 10.2 Å². The number of aromatic nitrogens is 1. The van der Waals surface area contributed by atoms with Gasteiger partial charge in [0.15, 0.2) is 11.9 Å². The van der Waals surface area contributed by atoms with Gasteiger partial charge in [0.05, 0.1) is 10.9 Å². The smallest absolute Gasteiger partial charge is 0.234 e. The number of ether oxygens (including phenoxy) is 1. The van der Waals surface area contributed by atoms with Crippen LogP contribution in [0.5, 0.6) is 0 Å². The van der Waals surface area contributed by atoms with E-state index >= 15 is 0 Å². The van der Waals surface area contributed by atoms with Gasteiger partial charge in [0, 0.05) is 23.2 Å². The summed E-state index contributed by atoms with van der Waals surface area (Å²) in [5.41, 5.74) is 0.986. The summed E-state index contributed by atoms with van der Waals surface area (Å²) in [5, 5.41) is 11.0. The molecule has 9 atom stereocenters. The highest BCUT2D eigenvalue weighted by Gasteiger charge is 2.67. The molecule has 3 heterocycles. The van der Waals surface area contributed by atoms with Crippen LogP contribution in [-0.2, 0) is 9.53 Å².